The molecule has 0 aromatic carbocycles. The molecule has 3 heterocycles. The summed E-state index contributed by atoms with van der Waals surface area (Å²) in [5.41, 5.74) is 9.39. The van der Waals surface area contributed by atoms with Crippen LogP contribution in [-0.4, -0.2) is 26.1 Å². The summed E-state index contributed by atoms with van der Waals surface area (Å²) in [6, 6.07) is 5.05. The van der Waals surface area contributed by atoms with Gasteiger partial charge in [-0.3, -0.25) is 4.98 Å². The first-order chi connectivity index (χ1) is 11.5. The van der Waals surface area contributed by atoms with Gasteiger partial charge in [0.25, 0.3) is 0 Å². The maximum atomic E-state index is 12.9. The molecule has 0 fully saturated rings. The molecule has 0 bridgehead atoms. The average molecular weight is 325 g/mol. The molecule has 8 heteroatoms. The molecule has 0 amide bonds. The molecule has 3 aromatic rings. The minimum Gasteiger partial charge on any atom is -0.382 e. The van der Waals surface area contributed by atoms with Gasteiger partial charge in [0.05, 0.1) is 11.9 Å². The Kier molecular flexibility index (Phi) is 4.00. The third-order valence-electron chi connectivity index (χ3n) is 3.84. The molecule has 3 aromatic heterocycles. The number of nitrogen functional groups attached to an aromatic ring is 1. The first-order valence-electron chi connectivity index (χ1n) is 7.41. The zero-order valence-corrected chi connectivity index (χ0v) is 13.3. The van der Waals surface area contributed by atoms with Crippen molar-refractivity contribution in [2.24, 2.45) is 0 Å². The van der Waals surface area contributed by atoms with Crippen molar-refractivity contribution < 1.29 is 4.39 Å². The fourth-order valence-corrected chi connectivity index (χ4v) is 2.38. The van der Waals surface area contributed by atoms with E-state index in [0.717, 1.165) is 17.0 Å². The summed E-state index contributed by atoms with van der Waals surface area (Å²) in [5, 5.41) is 16.8. The number of anilines is 2. The Bertz CT molecular complexity index is 938. The van der Waals surface area contributed by atoms with E-state index in [0.29, 0.717) is 24.4 Å². The predicted molar refractivity (Wildman–Crippen MR) is 88.0 cm³/mol. The van der Waals surface area contributed by atoms with Gasteiger partial charge in [-0.2, -0.15) is 14.9 Å². The quantitative estimate of drug-likeness (QED) is 0.760. The van der Waals surface area contributed by atoms with E-state index in [4.69, 9.17) is 5.73 Å². The minimum absolute atomic E-state index is 0.247. The highest BCUT2D eigenvalue weighted by atomic mass is 19.1. The maximum Gasteiger partial charge on any atom is 0.162 e. The SMILES string of the molecule is Cc1nn2c(N)c(C#N)c(NCCc3ccc(F)cn3)nc2c1C. The lowest BCUT2D eigenvalue weighted by molar-refractivity contribution is 0.619. The molecule has 0 saturated carbocycles. The Labute approximate surface area is 138 Å². The summed E-state index contributed by atoms with van der Waals surface area (Å²) in [4.78, 5) is 8.48. The zero-order valence-electron chi connectivity index (χ0n) is 13.3. The van der Waals surface area contributed by atoms with Gasteiger partial charge in [0.15, 0.2) is 5.65 Å². The number of hydrogen-bond acceptors (Lipinski definition) is 6. The number of nitrogens with zero attached hydrogens (tertiary/aromatic N) is 5. The summed E-state index contributed by atoms with van der Waals surface area (Å²) < 4.78 is 14.3. The number of nitriles is 1. The molecule has 0 atom stereocenters. The highest BCUT2D eigenvalue weighted by Crippen LogP contribution is 2.24. The second-order valence-corrected chi connectivity index (χ2v) is 5.42. The summed E-state index contributed by atoms with van der Waals surface area (Å²) in [6.07, 6.45) is 1.74. The molecular formula is C16H16FN7. The van der Waals surface area contributed by atoms with Crippen molar-refractivity contribution in [3.8, 4) is 6.07 Å². The van der Waals surface area contributed by atoms with Crippen LogP contribution in [0.4, 0.5) is 16.0 Å². The van der Waals surface area contributed by atoms with E-state index in [1.807, 2.05) is 13.8 Å². The number of aromatic nitrogens is 4. The van der Waals surface area contributed by atoms with Crippen molar-refractivity contribution in [2.45, 2.75) is 20.3 Å². The van der Waals surface area contributed by atoms with Crippen molar-refractivity contribution in [1.82, 2.24) is 19.6 Å². The molecule has 0 aliphatic rings. The molecule has 0 spiro atoms. The zero-order chi connectivity index (χ0) is 17.3. The summed E-state index contributed by atoms with van der Waals surface area (Å²) in [5.74, 6) is 0.290. The first-order valence-corrected chi connectivity index (χ1v) is 7.41. The standard InChI is InChI=1S/C16H16FN7/c1-9-10(2)23-24-14(19)13(7-18)15(22-16(9)24)20-6-5-12-4-3-11(17)8-21-12/h3-4,8H,5-6,19H2,1-2H3,(H,20,22). The van der Waals surface area contributed by atoms with Crippen molar-refractivity contribution in [1.29, 1.82) is 5.26 Å². The van der Waals surface area contributed by atoms with Gasteiger partial charge in [-0.25, -0.2) is 9.37 Å². The van der Waals surface area contributed by atoms with Crippen LogP contribution in [0.3, 0.4) is 0 Å². The smallest absolute Gasteiger partial charge is 0.162 e. The number of fused-ring (bicyclic) bond motifs is 1. The van der Waals surface area contributed by atoms with E-state index in [1.54, 1.807) is 6.07 Å². The lowest BCUT2D eigenvalue weighted by atomic mass is 10.2. The van der Waals surface area contributed by atoms with Gasteiger partial charge in [-0.05, 0) is 26.0 Å². The number of hydrogen-bond donors (Lipinski definition) is 2. The normalized spacial score (nSPS) is 10.8. The van der Waals surface area contributed by atoms with Crippen LogP contribution in [0.25, 0.3) is 5.65 Å². The number of pyridine rings is 1. The third-order valence-corrected chi connectivity index (χ3v) is 3.84. The van der Waals surface area contributed by atoms with Crippen molar-refractivity contribution >= 4 is 17.3 Å². The summed E-state index contributed by atoms with van der Waals surface area (Å²) in [7, 11) is 0. The van der Waals surface area contributed by atoms with Gasteiger partial charge in [0.2, 0.25) is 0 Å². The Morgan fingerprint density at radius 2 is 2.17 bits per heavy atom. The summed E-state index contributed by atoms with van der Waals surface area (Å²) in [6.45, 7) is 4.26. The highest BCUT2D eigenvalue weighted by Gasteiger charge is 2.16. The number of rotatable bonds is 4. The van der Waals surface area contributed by atoms with Crippen molar-refractivity contribution in [3.05, 3.63) is 46.7 Å². The highest BCUT2D eigenvalue weighted by molar-refractivity contribution is 5.69. The van der Waals surface area contributed by atoms with E-state index >= 15 is 0 Å². The molecule has 3 rings (SSSR count). The van der Waals surface area contributed by atoms with Crippen LogP contribution in [0.2, 0.25) is 0 Å². The molecule has 0 aliphatic carbocycles. The Morgan fingerprint density at radius 3 is 2.83 bits per heavy atom. The Morgan fingerprint density at radius 1 is 1.38 bits per heavy atom. The van der Waals surface area contributed by atoms with E-state index < -0.39 is 0 Å². The van der Waals surface area contributed by atoms with E-state index in [2.05, 4.69) is 26.5 Å². The predicted octanol–water partition coefficient (Wildman–Crippen LogP) is 1.99. The van der Waals surface area contributed by atoms with Crippen LogP contribution >= 0.6 is 0 Å². The fourth-order valence-electron chi connectivity index (χ4n) is 2.38. The van der Waals surface area contributed by atoms with Crippen LogP contribution < -0.4 is 11.1 Å². The lowest BCUT2D eigenvalue weighted by Crippen LogP contribution is -2.12. The first kappa shape index (κ1) is 15.7. The van der Waals surface area contributed by atoms with Gasteiger partial charge in [0, 0.05) is 24.2 Å². The largest absolute Gasteiger partial charge is 0.382 e. The Balaban J connectivity index is 1.87. The van der Waals surface area contributed by atoms with Gasteiger partial charge >= 0.3 is 0 Å². The van der Waals surface area contributed by atoms with E-state index in [1.165, 1.54) is 16.8 Å². The average Bonchev–Trinajstić information content (AvgIpc) is 2.85. The van der Waals surface area contributed by atoms with Gasteiger partial charge in [-0.1, -0.05) is 0 Å². The number of nitrogens with two attached hydrogens (primary N) is 1. The Hall–Kier alpha value is -3.21. The van der Waals surface area contributed by atoms with Crippen LogP contribution in [0, 0.1) is 31.0 Å². The number of aryl methyl sites for hydroxylation is 2. The molecule has 122 valence electrons. The van der Waals surface area contributed by atoms with Gasteiger partial charge < -0.3 is 11.1 Å². The molecular weight excluding hydrogens is 309 g/mol. The molecule has 0 radical (unpaired) electrons. The fraction of sp³-hybridized carbons (Fsp3) is 0.250. The molecule has 7 nitrogen and oxygen atoms in total. The number of nitrogens with one attached hydrogen (secondary N) is 1. The lowest BCUT2D eigenvalue weighted by Gasteiger charge is -2.10. The minimum atomic E-state index is -0.370. The van der Waals surface area contributed by atoms with Crippen molar-refractivity contribution in [2.75, 3.05) is 17.6 Å². The molecule has 0 saturated heterocycles. The second-order valence-electron chi connectivity index (χ2n) is 5.42. The van der Waals surface area contributed by atoms with Crippen LogP contribution in [0.15, 0.2) is 18.3 Å². The topological polar surface area (TPSA) is 105 Å². The van der Waals surface area contributed by atoms with Gasteiger partial charge in [-0.15, -0.1) is 0 Å². The molecule has 3 N–H and O–H groups in total. The van der Waals surface area contributed by atoms with Gasteiger partial charge in [0.1, 0.15) is 29.1 Å². The third kappa shape index (κ3) is 2.72. The molecule has 0 unspecified atom stereocenters. The summed E-state index contributed by atoms with van der Waals surface area (Å²) >= 11 is 0. The molecule has 0 aliphatic heterocycles. The number of halogens is 1. The monoisotopic (exact) mass is 325 g/mol. The maximum absolute atomic E-state index is 12.9. The molecule has 24 heavy (non-hydrogen) atoms. The van der Waals surface area contributed by atoms with Crippen LogP contribution in [0.5, 0.6) is 0 Å². The second kappa shape index (κ2) is 6.12. The van der Waals surface area contributed by atoms with Crippen LogP contribution in [0.1, 0.15) is 22.5 Å². The van der Waals surface area contributed by atoms with E-state index in [9.17, 15) is 9.65 Å². The van der Waals surface area contributed by atoms with Crippen molar-refractivity contribution in [3.63, 3.8) is 0 Å². The van der Waals surface area contributed by atoms with E-state index in [-0.39, 0.29) is 17.2 Å². The van der Waals surface area contributed by atoms with Crippen LogP contribution in [-0.2, 0) is 6.42 Å².